The summed E-state index contributed by atoms with van der Waals surface area (Å²) in [4.78, 5) is 28.3. The quantitative estimate of drug-likeness (QED) is 0.692. The molecule has 1 N–H and O–H groups in total. The predicted octanol–water partition coefficient (Wildman–Crippen LogP) is -0.425. The van der Waals surface area contributed by atoms with Crippen LogP contribution in [0.1, 0.15) is 6.42 Å². The third-order valence-corrected chi connectivity index (χ3v) is 5.47. The van der Waals surface area contributed by atoms with Gasteiger partial charge in [-0.05, 0) is 6.42 Å². The number of hydrogen-bond donors (Lipinski definition) is 1. The topological polar surface area (TPSA) is 79.3 Å². The summed E-state index contributed by atoms with van der Waals surface area (Å²) in [5.74, 6) is -2.30. The normalized spacial score (nSPS) is 39.2. The minimum atomic E-state index is -0.935. The van der Waals surface area contributed by atoms with E-state index >= 15 is 0 Å². The highest BCUT2D eigenvalue weighted by Crippen LogP contribution is 2.51. The summed E-state index contributed by atoms with van der Waals surface area (Å²) in [6.45, 7) is 5.50. The van der Waals surface area contributed by atoms with Gasteiger partial charge >= 0.3 is 5.97 Å². The number of fused-ring (bicyclic) bond motifs is 1. The Bertz CT molecular complexity index is 545. The molecule has 1 amide bonds. The minimum absolute atomic E-state index is 0.0637. The molecule has 4 aliphatic heterocycles. The Morgan fingerprint density at radius 3 is 2.87 bits per heavy atom. The Kier molecular flexibility index (Phi) is 3.66. The van der Waals surface area contributed by atoms with Gasteiger partial charge < -0.3 is 19.5 Å². The minimum Gasteiger partial charge on any atom is -0.481 e. The monoisotopic (exact) mass is 322 g/mol. The van der Waals surface area contributed by atoms with Gasteiger partial charge in [-0.3, -0.25) is 14.5 Å². The standard InChI is InChI=1S/C16H22N2O5/c19-14-13-12(15(20)21)11-2-3-16(13,23-11)10-18(14)5-1-4-17-6-8-22-9-7-17/h2-3,11-13H,1,4-10H2,(H,20,21)/t11-,12-,13-,16-/m1/s1. The maximum Gasteiger partial charge on any atom is 0.310 e. The summed E-state index contributed by atoms with van der Waals surface area (Å²) in [7, 11) is 0. The van der Waals surface area contributed by atoms with Gasteiger partial charge in [0.25, 0.3) is 0 Å². The van der Waals surface area contributed by atoms with Crippen LogP contribution >= 0.6 is 0 Å². The third-order valence-electron chi connectivity index (χ3n) is 5.47. The zero-order valence-electron chi connectivity index (χ0n) is 13.0. The largest absolute Gasteiger partial charge is 0.481 e. The van der Waals surface area contributed by atoms with Crippen molar-refractivity contribution in [1.29, 1.82) is 0 Å². The maximum absolute atomic E-state index is 12.7. The molecule has 4 aliphatic rings. The van der Waals surface area contributed by atoms with E-state index in [1.165, 1.54) is 0 Å². The second-order valence-corrected chi connectivity index (χ2v) is 6.81. The van der Waals surface area contributed by atoms with Crippen molar-refractivity contribution in [1.82, 2.24) is 9.80 Å². The number of nitrogens with zero attached hydrogens (tertiary/aromatic N) is 2. The summed E-state index contributed by atoms with van der Waals surface area (Å²) in [5.41, 5.74) is -0.705. The van der Waals surface area contributed by atoms with Gasteiger partial charge in [0.2, 0.25) is 5.91 Å². The van der Waals surface area contributed by atoms with E-state index in [1.807, 2.05) is 6.08 Å². The molecule has 0 aliphatic carbocycles. The number of rotatable bonds is 5. The SMILES string of the molecule is O=C(O)[C@@H]1[C@H]2C=C[C@]3(CN(CCCN4CCOCC4)C(=O)[C@@H]13)O2. The second-order valence-electron chi connectivity index (χ2n) is 6.81. The van der Waals surface area contributed by atoms with Crippen LogP contribution in [0.5, 0.6) is 0 Å². The number of carboxylic acids is 1. The molecule has 3 saturated heterocycles. The Balaban J connectivity index is 1.38. The highest BCUT2D eigenvalue weighted by molar-refractivity contribution is 5.90. The second kappa shape index (κ2) is 5.58. The lowest BCUT2D eigenvalue weighted by Gasteiger charge is -2.27. The molecule has 23 heavy (non-hydrogen) atoms. The Labute approximate surface area is 134 Å². The molecule has 0 aromatic rings. The lowest BCUT2D eigenvalue weighted by Crippen LogP contribution is -2.40. The van der Waals surface area contributed by atoms with Crippen LogP contribution in [0.3, 0.4) is 0 Å². The first-order valence-electron chi connectivity index (χ1n) is 8.30. The molecule has 1 spiro atoms. The third kappa shape index (κ3) is 2.38. The fourth-order valence-electron chi connectivity index (χ4n) is 4.36. The van der Waals surface area contributed by atoms with Gasteiger partial charge in [0.1, 0.15) is 11.5 Å². The van der Waals surface area contributed by atoms with Crippen LogP contribution in [0.25, 0.3) is 0 Å². The Morgan fingerprint density at radius 1 is 1.35 bits per heavy atom. The highest BCUT2D eigenvalue weighted by Gasteiger charge is 2.66. The van der Waals surface area contributed by atoms with Gasteiger partial charge in [-0.25, -0.2) is 0 Å². The zero-order valence-corrected chi connectivity index (χ0v) is 13.0. The van der Waals surface area contributed by atoms with E-state index in [2.05, 4.69) is 4.90 Å². The van der Waals surface area contributed by atoms with Crippen molar-refractivity contribution in [3.63, 3.8) is 0 Å². The van der Waals surface area contributed by atoms with Crippen molar-refractivity contribution >= 4 is 11.9 Å². The molecule has 126 valence electrons. The van der Waals surface area contributed by atoms with Gasteiger partial charge in [0.15, 0.2) is 0 Å². The van der Waals surface area contributed by atoms with Crippen LogP contribution in [0.15, 0.2) is 12.2 Å². The Morgan fingerprint density at radius 2 is 2.13 bits per heavy atom. The molecule has 0 aromatic heterocycles. The van der Waals surface area contributed by atoms with Gasteiger partial charge in [-0.1, -0.05) is 12.2 Å². The van der Waals surface area contributed by atoms with Crippen LogP contribution in [-0.2, 0) is 19.1 Å². The molecule has 7 heteroatoms. The zero-order chi connectivity index (χ0) is 16.0. The van der Waals surface area contributed by atoms with E-state index in [-0.39, 0.29) is 5.91 Å². The first kappa shape index (κ1) is 15.1. The number of aliphatic carboxylic acids is 1. The van der Waals surface area contributed by atoms with Gasteiger partial charge in [-0.15, -0.1) is 0 Å². The molecule has 7 nitrogen and oxygen atoms in total. The van der Waals surface area contributed by atoms with Gasteiger partial charge in [0.05, 0.1) is 31.8 Å². The lowest BCUT2D eigenvalue weighted by atomic mass is 9.77. The van der Waals surface area contributed by atoms with Gasteiger partial charge in [0, 0.05) is 26.2 Å². The molecule has 0 saturated carbocycles. The van der Waals surface area contributed by atoms with Crippen molar-refractivity contribution in [3.8, 4) is 0 Å². The molecule has 4 rings (SSSR count). The smallest absolute Gasteiger partial charge is 0.310 e. The van der Waals surface area contributed by atoms with E-state index in [1.54, 1.807) is 11.0 Å². The molecule has 0 aromatic carbocycles. The first-order valence-corrected chi connectivity index (χ1v) is 8.30. The average Bonchev–Trinajstić information content (AvgIpc) is 3.17. The average molecular weight is 322 g/mol. The molecule has 4 atom stereocenters. The van der Waals surface area contributed by atoms with E-state index in [9.17, 15) is 14.7 Å². The van der Waals surface area contributed by atoms with E-state index in [0.29, 0.717) is 13.1 Å². The summed E-state index contributed by atoms with van der Waals surface area (Å²) in [6, 6.07) is 0. The van der Waals surface area contributed by atoms with E-state index in [4.69, 9.17) is 9.47 Å². The van der Waals surface area contributed by atoms with Crippen LogP contribution in [0.2, 0.25) is 0 Å². The number of ether oxygens (including phenoxy) is 2. The van der Waals surface area contributed by atoms with Crippen LogP contribution in [-0.4, -0.2) is 84.4 Å². The number of carboxylic acid groups (broad SMARTS) is 1. The van der Waals surface area contributed by atoms with E-state index < -0.39 is 29.5 Å². The predicted molar refractivity (Wildman–Crippen MR) is 79.8 cm³/mol. The van der Waals surface area contributed by atoms with Crippen molar-refractivity contribution in [2.75, 3.05) is 45.9 Å². The summed E-state index contributed by atoms with van der Waals surface area (Å²) in [6.07, 6.45) is 4.15. The Hall–Kier alpha value is -1.44. The fraction of sp³-hybridized carbons (Fsp3) is 0.750. The van der Waals surface area contributed by atoms with Crippen molar-refractivity contribution in [3.05, 3.63) is 12.2 Å². The summed E-state index contributed by atoms with van der Waals surface area (Å²) >= 11 is 0. The molecule has 2 bridgehead atoms. The van der Waals surface area contributed by atoms with Crippen LogP contribution < -0.4 is 0 Å². The fourth-order valence-corrected chi connectivity index (χ4v) is 4.36. The highest BCUT2D eigenvalue weighted by atomic mass is 16.5. The van der Waals surface area contributed by atoms with Crippen LogP contribution in [0.4, 0.5) is 0 Å². The number of likely N-dealkylation sites (tertiary alicyclic amines) is 1. The number of hydrogen-bond acceptors (Lipinski definition) is 5. The van der Waals surface area contributed by atoms with Crippen molar-refractivity contribution in [2.24, 2.45) is 11.8 Å². The number of amides is 1. The first-order chi connectivity index (χ1) is 11.1. The molecule has 0 radical (unpaired) electrons. The summed E-state index contributed by atoms with van der Waals surface area (Å²) < 4.78 is 11.2. The molecular formula is C16H22N2O5. The molecule has 3 fully saturated rings. The number of carbonyl (C=O) groups excluding carboxylic acids is 1. The van der Waals surface area contributed by atoms with Crippen molar-refractivity contribution in [2.45, 2.75) is 18.1 Å². The maximum atomic E-state index is 12.7. The molecule has 4 heterocycles. The van der Waals surface area contributed by atoms with E-state index in [0.717, 1.165) is 39.3 Å². The molecular weight excluding hydrogens is 300 g/mol. The number of morpholine rings is 1. The van der Waals surface area contributed by atoms with Gasteiger partial charge in [-0.2, -0.15) is 0 Å². The lowest BCUT2D eigenvalue weighted by molar-refractivity contribution is -0.148. The summed E-state index contributed by atoms with van der Waals surface area (Å²) in [5, 5.41) is 9.43. The molecule has 0 unspecified atom stereocenters. The van der Waals surface area contributed by atoms with Crippen molar-refractivity contribution < 1.29 is 24.2 Å². The van der Waals surface area contributed by atoms with Crippen LogP contribution in [0, 0.1) is 11.8 Å². The number of carbonyl (C=O) groups is 2.